The molecule has 0 atom stereocenters. The molecule has 0 bridgehead atoms. The van der Waals surface area contributed by atoms with Gasteiger partial charge in [-0.1, -0.05) is 103 Å². The molecule has 0 saturated heterocycles. The highest BCUT2D eigenvalue weighted by Crippen LogP contribution is 2.39. The first-order valence-corrected chi connectivity index (χ1v) is 14.1. The summed E-state index contributed by atoms with van der Waals surface area (Å²) in [6.07, 6.45) is 25.5. The maximum Gasteiger partial charge on any atom is 0.0343 e. The molecule has 1 fully saturated rings. The minimum Gasteiger partial charge on any atom is -0.385 e. The zero-order valence-corrected chi connectivity index (χ0v) is 21.3. The van der Waals surface area contributed by atoms with Crippen molar-refractivity contribution in [2.45, 2.75) is 142 Å². The van der Waals surface area contributed by atoms with Gasteiger partial charge < -0.3 is 5.32 Å². The molecule has 0 spiro atoms. The fraction of sp³-hybridized carbons (Fsp3) is 0.800. The molecule has 1 aliphatic carbocycles. The van der Waals surface area contributed by atoms with Crippen molar-refractivity contribution in [1.29, 1.82) is 0 Å². The van der Waals surface area contributed by atoms with Crippen molar-refractivity contribution in [3.05, 3.63) is 29.3 Å². The van der Waals surface area contributed by atoms with Gasteiger partial charge in [0, 0.05) is 12.2 Å². The van der Waals surface area contributed by atoms with Crippen molar-refractivity contribution in [2.24, 2.45) is 5.92 Å². The SMILES string of the molecule is CCCCCCCCCC1CCC(c2ccc(NCCCCCCCC)cc2C)CC1. The molecule has 0 aliphatic heterocycles. The summed E-state index contributed by atoms with van der Waals surface area (Å²) in [5.41, 5.74) is 4.45. The Labute approximate surface area is 195 Å². The van der Waals surface area contributed by atoms with E-state index < -0.39 is 0 Å². The Kier molecular flexibility index (Phi) is 14.1. The van der Waals surface area contributed by atoms with Crippen molar-refractivity contribution >= 4 is 5.69 Å². The van der Waals surface area contributed by atoms with Crippen molar-refractivity contribution < 1.29 is 0 Å². The Hall–Kier alpha value is -0.980. The van der Waals surface area contributed by atoms with Crippen LogP contribution in [0.5, 0.6) is 0 Å². The average molecular weight is 428 g/mol. The normalized spacial score (nSPS) is 18.9. The maximum atomic E-state index is 3.66. The van der Waals surface area contributed by atoms with Gasteiger partial charge in [-0.3, -0.25) is 0 Å². The van der Waals surface area contributed by atoms with E-state index in [0.717, 1.165) is 18.4 Å². The van der Waals surface area contributed by atoms with Gasteiger partial charge in [-0.15, -0.1) is 0 Å². The highest BCUT2D eigenvalue weighted by molar-refractivity contribution is 5.49. The van der Waals surface area contributed by atoms with Gasteiger partial charge >= 0.3 is 0 Å². The van der Waals surface area contributed by atoms with E-state index in [9.17, 15) is 0 Å². The number of rotatable bonds is 17. The standard InChI is InChI=1S/C30H53N/c1-4-6-8-10-12-13-15-17-27-18-20-28(21-19-27)30-23-22-29(25-26(30)3)31-24-16-14-11-9-7-5-2/h22-23,25,27-28,31H,4-21,24H2,1-3H3. The van der Waals surface area contributed by atoms with Crippen LogP contribution in [0.1, 0.15) is 146 Å². The summed E-state index contributed by atoms with van der Waals surface area (Å²) < 4.78 is 0. The van der Waals surface area contributed by atoms with Crippen molar-refractivity contribution in [2.75, 3.05) is 11.9 Å². The van der Waals surface area contributed by atoms with E-state index in [1.807, 2.05) is 0 Å². The summed E-state index contributed by atoms with van der Waals surface area (Å²) in [7, 11) is 0. The number of hydrogen-bond donors (Lipinski definition) is 1. The lowest BCUT2D eigenvalue weighted by atomic mass is 9.76. The largest absolute Gasteiger partial charge is 0.385 e. The van der Waals surface area contributed by atoms with Crippen LogP contribution in [-0.2, 0) is 0 Å². The third-order valence-electron chi connectivity index (χ3n) is 7.63. The molecule has 0 radical (unpaired) electrons. The van der Waals surface area contributed by atoms with Crippen LogP contribution in [0.3, 0.4) is 0 Å². The van der Waals surface area contributed by atoms with Crippen molar-refractivity contribution in [3.8, 4) is 0 Å². The third-order valence-corrected chi connectivity index (χ3v) is 7.63. The number of anilines is 1. The Morgan fingerprint density at radius 3 is 1.90 bits per heavy atom. The van der Waals surface area contributed by atoms with Crippen LogP contribution < -0.4 is 5.32 Å². The summed E-state index contributed by atoms with van der Waals surface area (Å²) in [5, 5.41) is 3.66. The summed E-state index contributed by atoms with van der Waals surface area (Å²) in [5.74, 6) is 1.81. The Morgan fingerprint density at radius 1 is 0.710 bits per heavy atom. The Bertz CT molecular complexity index is 556. The Morgan fingerprint density at radius 2 is 1.29 bits per heavy atom. The second-order valence-electron chi connectivity index (χ2n) is 10.4. The first-order valence-electron chi connectivity index (χ1n) is 14.1. The van der Waals surface area contributed by atoms with Crippen LogP contribution >= 0.6 is 0 Å². The number of benzene rings is 1. The fourth-order valence-electron chi connectivity index (χ4n) is 5.53. The second-order valence-corrected chi connectivity index (χ2v) is 10.4. The summed E-state index contributed by atoms with van der Waals surface area (Å²) in [4.78, 5) is 0. The number of unbranched alkanes of at least 4 members (excludes halogenated alkanes) is 11. The number of nitrogens with one attached hydrogen (secondary N) is 1. The monoisotopic (exact) mass is 427 g/mol. The van der Waals surface area contributed by atoms with Gasteiger partial charge in [0.05, 0.1) is 0 Å². The average Bonchev–Trinajstić information content (AvgIpc) is 2.78. The smallest absolute Gasteiger partial charge is 0.0343 e. The molecule has 1 aromatic carbocycles. The summed E-state index contributed by atoms with van der Waals surface area (Å²) in [6, 6.07) is 7.17. The molecule has 2 rings (SSSR count). The topological polar surface area (TPSA) is 12.0 Å². The molecule has 0 aromatic heterocycles. The van der Waals surface area contributed by atoms with Crippen LogP contribution in [0, 0.1) is 12.8 Å². The molecule has 1 heteroatoms. The molecule has 1 aliphatic rings. The third kappa shape index (κ3) is 10.9. The van der Waals surface area contributed by atoms with E-state index in [2.05, 4.69) is 44.3 Å². The molecular formula is C30H53N. The van der Waals surface area contributed by atoms with Crippen molar-refractivity contribution in [3.63, 3.8) is 0 Å². The number of aryl methyl sites for hydroxylation is 1. The molecule has 31 heavy (non-hydrogen) atoms. The fourth-order valence-corrected chi connectivity index (χ4v) is 5.53. The molecule has 1 N–H and O–H groups in total. The van der Waals surface area contributed by atoms with Gasteiger partial charge in [0.25, 0.3) is 0 Å². The summed E-state index contributed by atoms with van der Waals surface area (Å²) in [6.45, 7) is 8.04. The molecule has 0 unspecified atom stereocenters. The predicted octanol–water partition coefficient (Wildman–Crippen LogP) is 10.2. The molecule has 1 nitrogen and oxygen atoms in total. The molecule has 0 heterocycles. The zero-order valence-electron chi connectivity index (χ0n) is 21.3. The van der Waals surface area contributed by atoms with E-state index in [4.69, 9.17) is 0 Å². The highest BCUT2D eigenvalue weighted by Gasteiger charge is 2.23. The van der Waals surface area contributed by atoms with Crippen LogP contribution in [0.15, 0.2) is 18.2 Å². The van der Waals surface area contributed by atoms with Crippen molar-refractivity contribution in [1.82, 2.24) is 0 Å². The number of hydrogen-bond acceptors (Lipinski definition) is 1. The lowest BCUT2D eigenvalue weighted by Gasteiger charge is -2.30. The van der Waals surface area contributed by atoms with Crippen LogP contribution in [0.4, 0.5) is 5.69 Å². The van der Waals surface area contributed by atoms with Gasteiger partial charge in [-0.25, -0.2) is 0 Å². The van der Waals surface area contributed by atoms with Crippen LogP contribution in [0.25, 0.3) is 0 Å². The van der Waals surface area contributed by atoms with Gasteiger partial charge in [-0.05, 0) is 74.1 Å². The van der Waals surface area contributed by atoms with E-state index in [1.54, 1.807) is 5.56 Å². The van der Waals surface area contributed by atoms with E-state index in [-0.39, 0.29) is 0 Å². The van der Waals surface area contributed by atoms with E-state index in [1.165, 1.54) is 127 Å². The molecule has 1 aromatic rings. The first-order chi connectivity index (χ1) is 15.2. The predicted molar refractivity (Wildman–Crippen MR) is 140 cm³/mol. The Balaban J connectivity index is 1.61. The summed E-state index contributed by atoms with van der Waals surface area (Å²) >= 11 is 0. The zero-order chi connectivity index (χ0) is 22.2. The quantitative estimate of drug-likeness (QED) is 0.244. The van der Waals surface area contributed by atoms with Crippen LogP contribution in [-0.4, -0.2) is 6.54 Å². The van der Waals surface area contributed by atoms with E-state index in [0.29, 0.717) is 0 Å². The second kappa shape index (κ2) is 16.6. The molecule has 0 amide bonds. The highest BCUT2D eigenvalue weighted by atomic mass is 14.9. The molecule has 178 valence electrons. The maximum absolute atomic E-state index is 3.66. The van der Waals surface area contributed by atoms with Gasteiger partial charge in [-0.2, -0.15) is 0 Å². The van der Waals surface area contributed by atoms with E-state index >= 15 is 0 Å². The first kappa shape index (κ1) is 26.3. The lowest BCUT2D eigenvalue weighted by Crippen LogP contribution is -2.14. The minimum atomic E-state index is 0.804. The minimum absolute atomic E-state index is 0.804. The van der Waals surface area contributed by atoms with Gasteiger partial charge in [0.15, 0.2) is 0 Å². The van der Waals surface area contributed by atoms with Crippen LogP contribution in [0.2, 0.25) is 0 Å². The van der Waals surface area contributed by atoms with Gasteiger partial charge in [0.2, 0.25) is 0 Å². The lowest BCUT2D eigenvalue weighted by molar-refractivity contribution is 0.301. The molecular weight excluding hydrogens is 374 g/mol. The van der Waals surface area contributed by atoms with Gasteiger partial charge in [0.1, 0.15) is 0 Å². The molecule has 1 saturated carbocycles.